The molecule has 0 atom stereocenters. The van der Waals surface area contributed by atoms with Gasteiger partial charge < -0.3 is 10.6 Å². The van der Waals surface area contributed by atoms with E-state index in [-0.39, 0.29) is 0 Å². The molecule has 0 unspecified atom stereocenters. The van der Waals surface area contributed by atoms with Gasteiger partial charge in [0.05, 0.1) is 5.52 Å². The molecule has 2 rings (SSSR count). The van der Waals surface area contributed by atoms with Crippen molar-refractivity contribution in [1.29, 1.82) is 0 Å². The Morgan fingerprint density at radius 2 is 1.93 bits per heavy atom. The van der Waals surface area contributed by atoms with Crippen molar-refractivity contribution in [3.63, 3.8) is 0 Å². The smallest absolute Gasteiger partial charge is 0.157 e. The molecule has 0 bridgehead atoms. The maximum atomic E-state index is 5.62. The number of nitrogens with zero attached hydrogens (tertiary/aromatic N) is 1. The molecule has 4 heteroatoms. The van der Waals surface area contributed by atoms with Crippen molar-refractivity contribution >= 4 is 16.6 Å². The minimum Gasteiger partial charge on any atom is -0.411 e. The van der Waals surface area contributed by atoms with Crippen molar-refractivity contribution in [3.05, 3.63) is 30.5 Å². The van der Waals surface area contributed by atoms with E-state index in [1.165, 1.54) is 0 Å². The molecule has 0 aliphatic carbocycles. The highest BCUT2D eigenvalue weighted by Gasteiger charge is 2.01. The second-order valence-electron chi connectivity index (χ2n) is 2.70. The molecule has 0 aliphatic rings. The topological polar surface area (TPSA) is 74.2 Å². The van der Waals surface area contributed by atoms with Gasteiger partial charge in [0.1, 0.15) is 0 Å². The van der Waals surface area contributed by atoms with Gasteiger partial charge in [0.2, 0.25) is 0 Å². The van der Waals surface area contributed by atoms with Crippen LogP contribution in [0, 0.1) is 0 Å². The maximum Gasteiger partial charge on any atom is 0.157 e. The van der Waals surface area contributed by atoms with Crippen molar-refractivity contribution in [3.8, 4) is 5.75 Å². The molecule has 1 heterocycles. The zero-order valence-corrected chi connectivity index (χ0v) is 8.90. The van der Waals surface area contributed by atoms with Gasteiger partial charge in [0, 0.05) is 23.3 Å². The number of fused-ring (bicyclic) bond motifs is 1. The summed E-state index contributed by atoms with van der Waals surface area (Å²) in [5, 5.41) is 0.824. The summed E-state index contributed by atoms with van der Waals surface area (Å²) in [5.74, 6) is 5.68. The van der Waals surface area contributed by atoms with Crippen molar-refractivity contribution in [1.82, 2.24) is 4.98 Å². The lowest BCUT2D eigenvalue weighted by atomic mass is 10.2. The number of nitrogen functional groups attached to an aromatic ring is 1. The highest BCUT2D eigenvalue weighted by atomic mass is 16.6. The van der Waals surface area contributed by atoms with Crippen LogP contribution in [0.5, 0.6) is 5.75 Å². The molecule has 4 N–H and O–H groups in total. The molecule has 0 aliphatic heterocycles. The van der Waals surface area contributed by atoms with E-state index in [1.807, 2.05) is 19.9 Å². The number of hydrogen-bond acceptors (Lipinski definition) is 4. The van der Waals surface area contributed by atoms with Gasteiger partial charge in [-0.05, 0) is 18.2 Å². The summed E-state index contributed by atoms with van der Waals surface area (Å²) >= 11 is 0. The van der Waals surface area contributed by atoms with Gasteiger partial charge in [-0.15, -0.1) is 0 Å². The number of aromatic nitrogens is 1. The molecule has 0 fully saturated rings. The summed E-state index contributed by atoms with van der Waals surface area (Å²) < 4.78 is 0. The number of nitrogens with two attached hydrogens (primary N) is 2. The first kappa shape index (κ1) is 11.3. The fraction of sp³-hybridized carbons (Fsp3) is 0.182. The summed E-state index contributed by atoms with van der Waals surface area (Å²) in [4.78, 5) is 8.83. The minimum atomic E-state index is 0.581. The zero-order chi connectivity index (χ0) is 11.3. The third kappa shape index (κ3) is 2.35. The molecule has 4 nitrogen and oxygen atoms in total. The van der Waals surface area contributed by atoms with Crippen LogP contribution in [0.3, 0.4) is 0 Å². The molecule has 1 aromatic heterocycles. The van der Waals surface area contributed by atoms with E-state index in [4.69, 9.17) is 11.6 Å². The van der Waals surface area contributed by atoms with Gasteiger partial charge in [0.15, 0.2) is 5.75 Å². The van der Waals surface area contributed by atoms with Crippen LogP contribution in [0.2, 0.25) is 0 Å². The van der Waals surface area contributed by atoms with E-state index < -0.39 is 0 Å². The molecule has 0 saturated carbocycles. The Morgan fingerprint density at radius 1 is 1.20 bits per heavy atom. The van der Waals surface area contributed by atoms with E-state index in [1.54, 1.807) is 24.4 Å². The fourth-order valence-corrected chi connectivity index (χ4v) is 1.24. The van der Waals surface area contributed by atoms with E-state index >= 15 is 0 Å². The van der Waals surface area contributed by atoms with E-state index in [9.17, 15) is 0 Å². The van der Waals surface area contributed by atoms with Crippen molar-refractivity contribution in [2.24, 2.45) is 5.90 Å². The molecular formula is C11H15N3O. The van der Waals surface area contributed by atoms with Crippen LogP contribution in [-0.4, -0.2) is 4.98 Å². The van der Waals surface area contributed by atoms with Crippen LogP contribution in [0.25, 0.3) is 10.9 Å². The van der Waals surface area contributed by atoms with Gasteiger partial charge in [-0.2, -0.15) is 5.90 Å². The van der Waals surface area contributed by atoms with Crippen LogP contribution in [0.1, 0.15) is 13.8 Å². The minimum absolute atomic E-state index is 0.581. The molecule has 80 valence electrons. The number of pyridine rings is 1. The third-order valence-corrected chi connectivity index (χ3v) is 1.85. The second kappa shape index (κ2) is 5.17. The second-order valence-corrected chi connectivity index (χ2v) is 2.70. The van der Waals surface area contributed by atoms with Crippen LogP contribution < -0.4 is 16.5 Å². The van der Waals surface area contributed by atoms with Crippen LogP contribution in [-0.2, 0) is 0 Å². The highest BCUT2D eigenvalue weighted by Crippen LogP contribution is 2.24. The van der Waals surface area contributed by atoms with Crippen LogP contribution >= 0.6 is 0 Å². The molecule has 2 aromatic rings. The van der Waals surface area contributed by atoms with Gasteiger partial charge in [-0.3, -0.25) is 4.98 Å². The van der Waals surface area contributed by atoms with Gasteiger partial charge in [-0.25, -0.2) is 0 Å². The Kier molecular flexibility index (Phi) is 3.88. The molecule has 0 spiro atoms. The number of hydrogen-bond donors (Lipinski definition) is 2. The summed E-state index contributed by atoms with van der Waals surface area (Å²) in [5.41, 5.74) is 7.11. The van der Waals surface area contributed by atoms with Crippen molar-refractivity contribution in [2.75, 3.05) is 5.73 Å². The first-order chi connectivity index (χ1) is 7.31. The van der Waals surface area contributed by atoms with Crippen molar-refractivity contribution < 1.29 is 4.84 Å². The Hall–Kier alpha value is -1.81. The molecule has 0 radical (unpaired) electrons. The summed E-state index contributed by atoms with van der Waals surface area (Å²) in [6.07, 6.45) is 1.64. The Bertz CT molecular complexity index is 443. The number of anilines is 1. The van der Waals surface area contributed by atoms with E-state index in [0.29, 0.717) is 11.4 Å². The standard InChI is InChI=1S/C9H9N3O.C2H6/c10-6-1-2-8-7(5-6)9(13-11)3-4-12-8;1-2/h1-5H,10-11H2;1-2H3. The van der Waals surface area contributed by atoms with E-state index in [0.717, 1.165) is 10.9 Å². The van der Waals surface area contributed by atoms with Crippen LogP contribution in [0.4, 0.5) is 5.69 Å². The lowest BCUT2D eigenvalue weighted by molar-refractivity contribution is 0.338. The average molecular weight is 205 g/mol. The molecule has 15 heavy (non-hydrogen) atoms. The monoisotopic (exact) mass is 205 g/mol. The molecule has 0 saturated heterocycles. The first-order valence-corrected chi connectivity index (χ1v) is 4.82. The molecule has 1 aromatic carbocycles. The molecular weight excluding hydrogens is 190 g/mol. The predicted octanol–water partition coefficient (Wildman–Crippen LogP) is 2.10. The van der Waals surface area contributed by atoms with E-state index in [2.05, 4.69) is 9.82 Å². The summed E-state index contributed by atoms with van der Waals surface area (Å²) in [7, 11) is 0. The van der Waals surface area contributed by atoms with Gasteiger partial charge in [-0.1, -0.05) is 13.8 Å². The Balaban J connectivity index is 0.000000531. The zero-order valence-electron chi connectivity index (χ0n) is 8.90. The van der Waals surface area contributed by atoms with Gasteiger partial charge in [0.25, 0.3) is 0 Å². The van der Waals surface area contributed by atoms with Crippen LogP contribution in [0.15, 0.2) is 30.5 Å². The lowest BCUT2D eigenvalue weighted by Gasteiger charge is -2.03. The summed E-state index contributed by atoms with van der Waals surface area (Å²) in [6, 6.07) is 7.09. The predicted molar refractivity (Wildman–Crippen MR) is 62.3 cm³/mol. The largest absolute Gasteiger partial charge is 0.411 e. The lowest BCUT2D eigenvalue weighted by Crippen LogP contribution is -2.02. The number of rotatable bonds is 1. The average Bonchev–Trinajstić information content (AvgIpc) is 2.31. The highest BCUT2D eigenvalue weighted by molar-refractivity contribution is 5.87. The molecule has 0 amide bonds. The number of benzene rings is 1. The Morgan fingerprint density at radius 3 is 2.60 bits per heavy atom. The Labute approximate surface area is 88.8 Å². The summed E-state index contributed by atoms with van der Waals surface area (Å²) in [6.45, 7) is 4.00. The third-order valence-electron chi connectivity index (χ3n) is 1.85. The quantitative estimate of drug-likeness (QED) is 0.552. The fourth-order valence-electron chi connectivity index (χ4n) is 1.24. The van der Waals surface area contributed by atoms with Crippen molar-refractivity contribution in [2.45, 2.75) is 13.8 Å². The first-order valence-electron chi connectivity index (χ1n) is 4.82. The SMILES string of the molecule is CC.NOc1ccnc2ccc(N)cc12. The maximum absolute atomic E-state index is 5.62. The van der Waals surface area contributed by atoms with Gasteiger partial charge >= 0.3 is 0 Å². The normalized spacial score (nSPS) is 9.27.